The average molecular weight is 378 g/mol. The molecular formula is C22H43N5. The Labute approximate surface area is 167 Å². The summed E-state index contributed by atoms with van der Waals surface area (Å²) in [5, 5.41) is 3.59. The molecule has 0 radical (unpaired) electrons. The van der Waals surface area contributed by atoms with Crippen molar-refractivity contribution in [1.29, 1.82) is 0 Å². The summed E-state index contributed by atoms with van der Waals surface area (Å²) in [6, 6.07) is 0. The maximum atomic E-state index is 5.05. The number of likely N-dealkylation sites (tertiary alicyclic amines) is 1. The van der Waals surface area contributed by atoms with Gasteiger partial charge in [0.2, 0.25) is 0 Å². The van der Waals surface area contributed by atoms with Crippen LogP contribution in [0, 0.1) is 5.41 Å². The number of guanidine groups is 1. The molecule has 1 aliphatic carbocycles. The van der Waals surface area contributed by atoms with Gasteiger partial charge in [-0.05, 0) is 44.6 Å². The Bertz CT molecular complexity index is 448. The quantitative estimate of drug-likeness (QED) is 0.590. The van der Waals surface area contributed by atoms with Gasteiger partial charge in [0.25, 0.3) is 0 Å². The highest BCUT2D eigenvalue weighted by Gasteiger charge is 2.36. The van der Waals surface area contributed by atoms with Gasteiger partial charge in [0.15, 0.2) is 5.96 Å². The molecule has 0 aromatic rings. The SMILES string of the molecule is CCNC(=NCCN1CCN(CC)CC1)N1CCCC2(CCCCCC2)C1. The van der Waals surface area contributed by atoms with Crippen LogP contribution < -0.4 is 5.32 Å². The summed E-state index contributed by atoms with van der Waals surface area (Å²) in [7, 11) is 0. The summed E-state index contributed by atoms with van der Waals surface area (Å²) in [6.45, 7) is 15.9. The summed E-state index contributed by atoms with van der Waals surface area (Å²) < 4.78 is 0. The second-order valence-corrected chi connectivity index (χ2v) is 8.95. The Morgan fingerprint density at radius 1 is 0.852 bits per heavy atom. The van der Waals surface area contributed by atoms with Crippen molar-refractivity contribution >= 4 is 5.96 Å². The van der Waals surface area contributed by atoms with Crippen LogP contribution in [0.2, 0.25) is 0 Å². The minimum absolute atomic E-state index is 0.571. The Morgan fingerprint density at radius 3 is 2.19 bits per heavy atom. The molecule has 3 rings (SSSR count). The standard InChI is InChI=1S/C22H43N5/c1-3-23-21(24-13-15-26-18-16-25(4-2)17-19-26)27-14-9-12-22(20-27)10-7-5-6-8-11-22/h3-20H2,1-2H3,(H,23,24). The van der Waals surface area contributed by atoms with Gasteiger partial charge in [-0.15, -0.1) is 0 Å². The van der Waals surface area contributed by atoms with Crippen molar-refractivity contribution in [2.75, 3.05) is 65.4 Å². The van der Waals surface area contributed by atoms with Crippen LogP contribution in [0.3, 0.4) is 0 Å². The van der Waals surface area contributed by atoms with E-state index in [4.69, 9.17) is 4.99 Å². The van der Waals surface area contributed by atoms with Gasteiger partial charge in [-0.1, -0.05) is 32.6 Å². The second-order valence-electron chi connectivity index (χ2n) is 8.95. The lowest BCUT2D eigenvalue weighted by molar-refractivity contribution is 0.115. The zero-order chi connectivity index (χ0) is 19.0. The molecule has 1 saturated carbocycles. The van der Waals surface area contributed by atoms with Crippen molar-refractivity contribution in [2.24, 2.45) is 10.4 Å². The maximum absolute atomic E-state index is 5.05. The molecule has 2 aliphatic heterocycles. The number of hydrogen-bond donors (Lipinski definition) is 1. The van der Waals surface area contributed by atoms with Crippen molar-refractivity contribution < 1.29 is 0 Å². The summed E-state index contributed by atoms with van der Waals surface area (Å²) >= 11 is 0. The molecule has 0 bridgehead atoms. The molecule has 2 saturated heterocycles. The molecule has 0 aromatic heterocycles. The molecule has 0 amide bonds. The highest BCUT2D eigenvalue weighted by Crippen LogP contribution is 2.42. The third-order valence-electron chi connectivity index (χ3n) is 7.05. The summed E-state index contributed by atoms with van der Waals surface area (Å²) in [4.78, 5) is 12.8. The number of hydrogen-bond acceptors (Lipinski definition) is 3. The molecule has 0 atom stereocenters. The Balaban J connectivity index is 1.53. The number of piperazine rings is 1. The smallest absolute Gasteiger partial charge is 0.193 e. The van der Waals surface area contributed by atoms with E-state index in [1.165, 1.54) is 103 Å². The highest BCUT2D eigenvalue weighted by atomic mass is 15.3. The molecule has 0 aromatic carbocycles. The molecule has 2 heterocycles. The first-order chi connectivity index (χ1) is 13.2. The number of piperidine rings is 1. The lowest BCUT2D eigenvalue weighted by atomic mass is 9.74. The fourth-order valence-electron chi connectivity index (χ4n) is 5.33. The fourth-order valence-corrected chi connectivity index (χ4v) is 5.33. The van der Waals surface area contributed by atoms with Crippen LogP contribution in [0.25, 0.3) is 0 Å². The van der Waals surface area contributed by atoms with Crippen molar-refractivity contribution in [3.8, 4) is 0 Å². The molecule has 1 N–H and O–H groups in total. The normalized spacial score (nSPS) is 25.6. The summed E-state index contributed by atoms with van der Waals surface area (Å²) in [5.74, 6) is 1.17. The Kier molecular flexibility index (Phi) is 8.25. The van der Waals surface area contributed by atoms with Gasteiger partial charge in [-0.2, -0.15) is 0 Å². The molecule has 5 heteroatoms. The van der Waals surface area contributed by atoms with E-state index in [0.29, 0.717) is 5.41 Å². The first-order valence-electron chi connectivity index (χ1n) is 11.7. The van der Waals surface area contributed by atoms with Crippen molar-refractivity contribution in [2.45, 2.75) is 65.2 Å². The van der Waals surface area contributed by atoms with E-state index in [9.17, 15) is 0 Å². The van der Waals surface area contributed by atoms with E-state index >= 15 is 0 Å². The number of nitrogens with zero attached hydrogens (tertiary/aromatic N) is 4. The summed E-state index contributed by atoms with van der Waals surface area (Å²) in [5.41, 5.74) is 0.571. The monoisotopic (exact) mass is 377 g/mol. The molecule has 5 nitrogen and oxygen atoms in total. The zero-order valence-electron chi connectivity index (χ0n) is 18.0. The van der Waals surface area contributed by atoms with Crippen LogP contribution in [-0.4, -0.2) is 86.1 Å². The fraction of sp³-hybridized carbons (Fsp3) is 0.955. The molecule has 0 unspecified atom stereocenters. The highest BCUT2D eigenvalue weighted by molar-refractivity contribution is 5.80. The molecule has 3 fully saturated rings. The average Bonchev–Trinajstić information content (AvgIpc) is 2.93. The predicted molar refractivity (Wildman–Crippen MR) is 115 cm³/mol. The van der Waals surface area contributed by atoms with Crippen LogP contribution in [0.15, 0.2) is 4.99 Å². The third-order valence-corrected chi connectivity index (χ3v) is 7.05. The van der Waals surface area contributed by atoms with Crippen LogP contribution >= 0.6 is 0 Å². The lowest BCUT2D eigenvalue weighted by Crippen LogP contribution is -2.51. The van der Waals surface area contributed by atoms with Crippen LogP contribution in [0.1, 0.15) is 65.2 Å². The van der Waals surface area contributed by atoms with Crippen molar-refractivity contribution in [3.05, 3.63) is 0 Å². The van der Waals surface area contributed by atoms with Crippen LogP contribution in [-0.2, 0) is 0 Å². The Morgan fingerprint density at radius 2 is 1.52 bits per heavy atom. The van der Waals surface area contributed by atoms with Gasteiger partial charge >= 0.3 is 0 Å². The first-order valence-corrected chi connectivity index (χ1v) is 11.7. The van der Waals surface area contributed by atoms with Gasteiger partial charge in [0, 0.05) is 52.4 Å². The van der Waals surface area contributed by atoms with Crippen molar-refractivity contribution in [1.82, 2.24) is 20.0 Å². The van der Waals surface area contributed by atoms with E-state index in [-0.39, 0.29) is 0 Å². The van der Waals surface area contributed by atoms with Gasteiger partial charge in [0.05, 0.1) is 6.54 Å². The first kappa shape index (κ1) is 20.9. The van der Waals surface area contributed by atoms with E-state index in [1.54, 1.807) is 0 Å². The third kappa shape index (κ3) is 6.08. The summed E-state index contributed by atoms with van der Waals surface area (Å²) in [6.07, 6.45) is 11.4. The van der Waals surface area contributed by atoms with Gasteiger partial charge in [-0.3, -0.25) is 9.89 Å². The largest absolute Gasteiger partial charge is 0.357 e. The van der Waals surface area contributed by atoms with E-state index in [1.807, 2.05) is 0 Å². The lowest BCUT2D eigenvalue weighted by Gasteiger charge is -2.44. The zero-order valence-corrected chi connectivity index (χ0v) is 18.0. The molecule has 156 valence electrons. The molecule has 1 spiro atoms. The maximum Gasteiger partial charge on any atom is 0.193 e. The minimum atomic E-state index is 0.571. The van der Waals surface area contributed by atoms with E-state index in [0.717, 1.165) is 19.6 Å². The second kappa shape index (κ2) is 10.7. The topological polar surface area (TPSA) is 34.1 Å². The minimum Gasteiger partial charge on any atom is -0.357 e. The van der Waals surface area contributed by atoms with Gasteiger partial charge in [-0.25, -0.2) is 0 Å². The van der Waals surface area contributed by atoms with Gasteiger partial charge in [0.1, 0.15) is 0 Å². The number of likely N-dealkylation sites (N-methyl/N-ethyl adjacent to an activating group) is 1. The number of nitrogens with one attached hydrogen (secondary N) is 1. The number of rotatable bonds is 5. The van der Waals surface area contributed by atoms with E-state index in [2.05, 4.69) is 33.9 Å². The van der Waals surface area contributed by atoms with E-state index < -0.39 is 0 Å². The van der Waals surface area contributed by atoms with Crippen LogP contribution in [0.5, 0.6) is 0 Å². The predicted octanol–water partition coefficient (Wildman–Crippen LogP) is 3.03. The van der Waals surface area contributed by atoms with Gasteiger partial charge < -0.3 is 15.1 Å². The van der Waals surface area contributed by atoms with Crippen LogP contribution in [0.4, 0.5) is 0 Å². The molecular weight excluding hydrogens is 334 g/mol. The molecule has 3 aliphatic rings. The Hall–Kier alpha value is -0.810. The molecule has 27 heavy (non-hydrogen) atoms. The number of aliphatic imine (C=N–C) groups is 1. The van der Waals surface area contributed by atoms with Crippen molar-refractivity contribution in [3.63, 3.8) is 0 Å².